The Kier molecular flexibility index (Phi) is 4.77. The molecule has 0 aliphatic heterocycles. The lowest BCUT2D eigenvalue weighted by Gasteiger charge is -2.05. The van der Waals surface area contributed by atoms with E-state index in [1.165, 1.54) is 6.26 Å². The van der Waals surface area contributed by atoms with Crippen molar-refractivity contribution < 1.29 is 13.9 Å². The van der Waals surface area contributed by atoms with Gasteiger partial charge in [0.25, 0.3) is 5.91 Å². The molecule has 0 fully saturated rings. The maximum absolute atomic E-state index is 11.9. The molecule has 0 atom stereocenters. The van der Waals surface area contributed by atoms with E-state index in [4.69, 9.17) is 9.15 Å². The number of hydrogen-bond donors (Lipinski definition) is 1. The molecule has 1 N–H and O–H groups in total. The number of ether oxygens (including phenoxy) is 1. The van der Waals surface area contributed by atoms with Gasteiger partial charge in [-0.1, -0.05) is 0 Å². The molecule has 2 aromatic rings. The van der Waals surface area contributed by atoms with Gasteiger partial charge in [0, 0.05) is 0 Å². The highest BCUT2D eigenvalue weighted by molar-refractivity contribution is 6.01. The Balaban J connectivity index is 2.04. The van der Waals surface area contributed by atoms with E-state index >= 15 is 0 Å². The van der Waals surface area contributed by atoms with Gasteiger partial charge in [-0.2, -0.15) is 5.10 Å². The Morgan fingerprint density at radius 3 is 2.57 bits per heavy atom. The number of nitrogens with zero attached hydrogens (tertiary/aromatic N) is 1. The third-order valence-electron chi connectivity index (χ3n) is 3.01. The van der Waals surface area contributed by atoms with E-state index in [1.54, 1.807) is 13.0 Å². The molecular formula is C16H18N2O3. The maximum Gasteiger partial charge on any atom is 0.274 e. The summed E-state index contributed by atoms with van der Waals surface area (Å²) >= 11 is 0. The number of nitrogens with one attached hydrogen (secondary N) is 1. The number of hydrazone groups is 1. The molecule has 2 rings (SSSR count). The van der Waals surface area contributed by atoms with Crippen molar-refractivity contribution >= 4 is 11.6 Å². The first-order valence-corrected chi connectivity index (χ1v) is 6.73. The van der Waals surface area contributed by atoms with Crippen LogP contribution in [0.1, 0.15) is 35.5 Å². The van der Waals surface area contributed by atoms with Crippen LogP contribution in [0, 0.1) is 6.92 Å². The largest absolute Gasteiger partial charge is 0.494 e. The van der Waals surface area contributed by atoms with Gasteiger partial charge < -0.3 is 9.15 Å². The van der Waals surface area contributed by atoms with Gasteiger partial charge in [-0.05, 0) is 56.7 Å². The van der Waals surface area contributed by atoms with Crippen molar-refractivity contribution in [1.82, 2.24) is 5.43 Å². The molecule has 0 saturated heterocycles. The summed E-state index contributed by atoms with van der Waals surface area (Å²) in [6.07, 6.45) is 1.48. The smallest absolute Gasteiger partial charge is 0.274 e. The molecule has 1 aromatic heterocycles. The molecule has 21 heavy (non-hydrogen) atoms. The van der Waals surface area contributed by atoms with Crippen LogP contribution >= 0.6 is 0 Å². The fourth-order valence-corrected chi connectivity index (χ4v) is 1.84. The van der Waals surface area contributed by atoms with E-state index in [1.807, 2.05) is 38.1 Å². The van der Waals surface area contributed by atoms with E-state index in [-0.39, 0.29) is 5.91 Å². The zero-order valence-corrected chi connectivity index (χ0v) is 12.3. The molecule has 0 aliphatic carbocycles. The highest BCUT2D eigenvalue weighted by atomic mass is 16.5. The molecule has 0 radical (unpaired) electrons. The summed E-state index contributed by atoms with van der Waals surface area (Å²) in [4.78, 5) is 11.9. The van der Waals surface area contributed by atoms with Crippen LogP contribution < -0.4 is 10.2 Å². The van der Waals surface area contributed by atoms with E-state index in [0.29, 0.717) is 23.6 Å². The van der Waals surface area contributed by atoms with Crippen LogP contribution in [0.5, 0.6) is 5.75 Å². The molecule has 0 bridgehead atoms. The van der Waals surface area contributed by atoms with E-state index in [9.17, 15) is 4.79 Å². The number of aryl methyl sites for hydroxylation is 1. The molecule has 5 heteroatoms. The van der Waals surface area contributed by atoms with Gasteiger partial charge in [-0.3, -0.25) is 4.79 Å². The topological polar surface area (TPSA) is 63.8 Å². The third kappa shape index (κ3) is 3.72. The second-order valence-corrected chi connectivity index (χ2v) is 4.49. The summed E-state index contributed by atoms with van der Waals surface area (Å²) in [6, 6.07) is 9.17. The Morgan fingerprint density at radius 1 is 1.29 bits per heavy atom. The average molecular weight is 286 g/mol. The molecule has 110 valence electrons. The summed E-state index contributed by atoms with van der Waals surface area (Å²) < 4.78 is 10.5. The summed E-state index contributed by atoms with van der Waals surface area (Å²) in [5.41, 5.74) is 4.64. The van der Waals surface area contributed by atoms with E-state index in [2.05, 4.69) is 10.5 Å². The molecule has 1 aromatic carbocycles. The van der Waals surface area contributed by atoms with Crippen molar-refractivity contribution in [2.75, 3.05) is 6.61 Å². The standard InChI is InChI=1S/C16H18N2O3/c1-4-20-14-7-5-13(6-8-14)11(2)17-18-16(19)15-9-10-21-12(15)3/h5-10H,4H2,1-3H3,(H,18,19)/b17-11+. The molecule has 1 amide bonds. The Morgan fingerprint density at radius 2 is 2.00 bits per heavy atom. The van der Waals surface area contributed by atoms with Crippen molar-refractivity contribution in [2.24, 2.45) is 5.10 Å². The minimum absolute atomic E-state index is 0.286. The van der Waals surface area contributed by atoms with Gasteiger partial charge in [-0.15, -0.1) is 0 Å². The Hall–Kier alpha value is -2.56. The van der Waals surface area contributed by atoms with Gasteiger partial charge in [0.2, 0.25) is 0 Å². The first kappa shape index (κ1) is 14.8. The van der Waals surface area contributed by atoms with Crippen LogP contribution in [-0.4, -0.2) is 18.2 Å². The highest BCUT2D eigenvalue weighted by Crippen LogP contribution is 2.13. The number of carbonyl (C=O) groups is 1. The van der Waals surface area contributed by atoms with Crippen molar-refractivity contribution in [3.8, 4) is 5.75 Å². The number of amides is 1. The quantitative estimate of drug-likeness (QED) is 0.678. The minimum Gasteiger partial charge on any atom is -0.494 e. The predicted molar refractivity (Wildman–Crippen MR) is 80.7 cm³/mol. The second kappa shape index (κ2) is 6.74. The Bertz CT molecular complexity index is 642. The number of hydrogen-bond acceptors (Lipinski definition) is 4. The molecule has 0 spiro atoms. The molecule has 5 nitrogen and oxygen atoms in total. The van der Waals surface area contributed by atoms with Crippen molar-refractivity contribution in [1.29, 1.82) is 0 Å². The predicted octanol–water partition coefficient (Wildman–Crippen LogP) is 3.14. The zero-order chi connectivity index (χ0) is 15.2. The molecule has 0 unspecified atom stereocenters. The summed E-state index contributed by atoms with van der Waals surface area (Å²) in [5.74, 6) is 1.10. The van der Waals surface area contributed by atoms with Crippen LogP contribution in [0.2, 0.25) is 0 Å². The number of benzene rings is 1. The van der Waals surface area contributed by atoms with Crippen LogP contribution in [-0.2, 0) is 0 Å². The Labute approximate surface area is 123 Å². The van der Waals surface area contributed by atoms with Crippen LogP contribution in [0.15, 0.2) is 46.1 Å². The van der Waals surface area contributed by atoms with Crippen molar-refractivity contribution in [2.45, 2.75) is 20.8 Å². The fourth-order valence-electron chi connectivity index (χ4n) is 1.84. The third-order valence-corrected chi connectivity index (χ3v) is 3.01. The number of furan rings is 1. The van der Waals surface area contributed by atoms with Crippen molar-refractivity contribution in [3.63, 3.8) is 0 Å². The fraction of sp³-hybridized carbons (Fsp3) is 0.250. The van der Waals surface area contributed by atoms with Gasteiger partial charge in [0.1, 0.15) is 11.5 Å². The zero-order valence-electron chi connectivity index (χ0n) is 12.3. The van der Waals surface area contributed by atoms with Gasteiger partial charge in [0.15, 0.2) is 0 Å². The molecular weight excluding hydrogens is 268 g/mol. The second-order valence-electron chi connectivity index (χ2n) is 4.49. The summed E-state index contributed by atoms with van der Waals surface area (Å²) in [6.45, 7) is 6.14. The normalized spacial score (nSPS) is 11.3. The molecule has 0 aliphatic rings. The van der Waals surface area contributed by atoms with Gasteiger partial charge in [-0.25, -0.2) is 5.43 Å². The van der Waals surface area contributed by atoms with E-state index < -0.39 is 0 Å². The van der Waals surface area contributed by atoms with Gasteiger partial charge in [0.05, 0.1) is 24.1 Å². The lowest BCUT2D eigenvalue weighted by Crippen LogP contribution is -2.19. The lowest BCUT2D eigenvalue weighted by atomic mass is 10.1. The average Bonchev–Trinajstić information content (AvgIpc) is 2.92. The highest BCUT2D eigenvalue weighted by Gasteiger charge is 2.10. The minimum atomic E-state index is -0.286. The summed E-state index contributed by atoms with van der Waals surface area (Å²) in [7, 11) is 0. The molecule has 0 saturated carbocycles. The number of carbonyl (C=O) groups excluding carboxylic acids is 1. The molecule has 1 heterocycles. The lowest BCUT2D eigenvalue weighted by molar-refractivity contribution is 0.0953. The maximum atomic E-state index is 11.9. The van der Waals surface area contributed by atoms with Crippen molar-refractivity contribution in [3.05, 3.63) is 53.5 Å². The van der Waals surface area contributed by atoms with Crippen LogP contribution in [0.3, 0.4) is 0 Å². The van der Waals surface area contributed by atoms with Gasteiger partial charge >= 0.3 is 0 Å². The van der Waals surface area contributed by atoms with Crippen LogP contribution in [0.4, 0.5) is 0 Å². The van der Waals surface area contributed by atoms with Crippen LogP contribution in [0.25, 0.3) is 0 Å². The first-order chi connectivity index (χ1) is 10.1. The van der Waals surface area contributed by atoms with E-state index in [0.717, 1.165) is 11.3 Å². The number of rotatable bonds is 5. The summed E-state index contributed by atoms with van der Waals surface area (Å²) in [5, 5.41) is 4.10. The first-order valence-electron chi connectivity index (χ1n) is 6.73. The SMILES string of the molecule is CCOc1ccc(/C(C)=N/NC(=O)c2ccoc2C)cc1. The monoisotopic (exact) mass is 286 g/mol.